The van der Waals surface area contributed by atoms with E-state index in [-0.39, 0.29) is 9.88 Å². The molecule has 0 aliphatic heterocycles. The summed E-state index contributed by atoms with van der Waals surface area (Å²) in [5, 5.41) is 13.6. The number of anilines is 1. The van der Waals surface area contributed by atoms with Gasteiger partial charge in [-0.25, -0.2) is 4.98 Å². The van der Waals surface area contributed by atoms with E-state index in [1.165, 1.54) is 37.7 Å². The van der Waals surface area contributed by atoms with Crippen LogP contribution in [0.5, 0.6) is 11.5 Å². The summed E-state index contributed by atoms with van der Waals surface area (Å²) in [7, 11) is 3.07. The average molecular weight is 365 g/mol. The third-order valence-corrected chi connectivity index (χ3v) is 5.08. The van der Waals surface area contributed by atoms with E-state index < -0.39 is 10.8 Å². The lowest BCUT2D eigenvalue weighted by Gasteiger charge is -2.05. The number of methoxy groups -OCH3 is 2. The van der Waals surface area contributed by atoms with Crippen LogP contribution in [-0.2, 0) is 0 Å². The monoisotopic (exact) mass is 365 g/mol. The van der Waals surface area contributed by atoms with E-state index in [2.05, 4.69) is 10.3 Å². The number of thiophene rings is 1. The maximum absolute atomic E-state index is 12.2. The van der Waals surface area contributed by atoms with Gasteiger partial charge in [0.15, 0.2) is 16.6 Å². The number of hydrogen-bond acceptors (Lipinski definition) is 8. The molecule has 3 rings (SSSR count). The number of aromatic nitrogens is 1. The minimum atomic E-state index is -0.530. The molecule has 0 spiro atoms. The molecule has 0 aliphatic carbocycles. The molecule has 124 valence electrons. The second kappa shape index (κ2) is 6.42. The van der Waals surface area contributed by atoms with Crippen molar-refractivity contribution in [3.05, 3.63) is 39.3 Å². The predicted octanol–water partition coefficient (Wildman–Crippen LogP) is 3.54. The lowest BCUT2D eigenvalue weighted by molar-refractivity contribution is -0.380. The molecule has 10 heteroatoms. The maximum Gasteiger partial charge on any atom is 0.324 e. The molecule has 24 heavy (non-hydrogen) atoms. The van der Waals surface area contributed by atoms with Crippen molar-refractivity contribution >= 4 is 48.9 Å². The first-order valence-corrected chi connectivity index (χ1v) is 8.23. The molecule has 1 N–H and O–H groups in total. The first-order chi connectivity index (χ1) is 11.5. The van der Waals surface area contributed by atoms with Gasteiger partial charge >= 0.3 is 5.00 Å². The van der Waals surface area contributed by atoms with Gasteiger partial charge in [0.25, 0.3) is 5.91 Å². The van der Waals surface area contributed by atoms with E-state index in [0.717, 1.165) is 16.0 Å². The van der Waals surface area contributed by atoms with Gasteiger partial charge in [0, 0.05) is 18.2 Å². The molecule has 1 aromatic carbocycles. The minimum Gasteiger partial charge on any atom is -0.493 e. The van der Waals surface area contributed by atoms with Gasteiger partial charge < -0.3 is 9.47 Å². The molecule has 0 saturated carbocycles. The highest BCUT2D eigenvalue weighted by atomic mass is 32.1. The topological polar surface area (TPSA) is 104 Å². The standard InChI is InChI=1S/C14H11N3O5S2/c1-21-8-5-7-11(6-9(8)22-2)24-14(15-7)16-13(18)10-3-4-12(23-10)17(19)20/h3-6H,1-2H3,(H,15,16,18). The van der Waals surface area contributed by atoms with Crippen molar-refractivity contribution in [2.75, 3.05) is 19.5 Å². The third-order valence-electron chi connectivity index (χ3n) is 3.11. The third kappa shape index (κ3) is 3.01. The van der Waals surface area contributed by atoms with Crippen LogP contribution in [0.1, 0.15) is 9.67 Å². The number of ether oxygens (including phenoxy) is 2. The van der Waals surface area contributed by atoms with Crippen LogP contribution in [0.2, 0.25) is 0 Å². The number of thiazole rings is 1. The highest BCUT2D eigenvalue weighted by molar-refractivity contribution is 7.22. The molecule has 2 aromatic heterocycles. The van der Waals surface area contributed by atoms with Gasteiger partial charge in [0.1, 0.15) is 0 Å². The quantitative estimate of drug-likeness (QED) is 0.548. The second-order valence-electron chi connectivity index (χ2n) is 4.54. The summed E-state index contributed by atoms with van der Waals surface area (Å²) in [4.78, 5) is 26.9. The molecular weight excluding hydrogens is 354 g/mol. The highest BCUT2D eigenvalue weighted by Crippen LogP contribution is 2.36. The number of rotatable bonds is 5. The van der Waals surface area contributed by atoms with Crippen molar-refractivity contribution < 1.29 is 19.2 Å². The fraction of sp³-hybridized carbons (Fsp3) is 0.143. The molecule has 2 heterocycles. The molecule has 0 fully saturated rings. The van der Waals surface area contributed by atoms with Crippen molar-refractivity contribution in [2.24, 2.45) is 0 Å². The van der Waals surface area contributed by atoms with Crippen LogP contribution in [0.4, 0.5) is 10.1 Å². The van der Waals surface area contributed by atoms with Crippen molar-refractivity contribution in [3.8, 4) is 11.5 Å². The van der Waals surface area contributed by atoms with Gasteiger partial charge in [0.05, 0.1) is 34.2 Å². The zero-order valence-corrected chi connectivity index (χ0v) is 14.2. The number of nitrogens with zero attached hydrogens (tertiary/aromatic N) is 2. The fourth-order valence-corrected chi connectivity index (χ4v) is 3.60. The molecule has 0 atom stereocenters. The lowest BCUT2D eigenvalue weighted by atomic mass is 10.3. The van der Waals surface area contributed by atoms with E-state index in [4.69, 9.17) is 9.47 Å². The molecule has 3 aromatic rings. The van der Waals surface area contributed by atoms with E-state index >= 15 is 0 Å². The molecular formula is C14H11N3O5S2. The van der Waals surface area contributed by atoms with E-state index in [1.54, 1.807) is 12.1 Å². The molecule has 8 nitrogen and oxygen atoms in total. The Hall–Kier alpha value is -2.72. The van der Waals surface area contributed by atoms with Gasteiger partial charge in [-0.2, -0.15) is 0 Å². The Bertz CT molecular complexity index is 893. The van der Waals surface area contributed by atoms with Crippen LogP contribution >= 0.6 is 22.7 Å². The summed E-state index contributed by atoms with van der Waals surface area (Å²) in [5.74, 6) is 0.675. The van der Waals surface area contributed by atoms with Gasteiger partial charge in [-0.05, 0) is 6.07 Å². The number of amides is 1. The smallest absolute Gasteiger partial charge is 0.324 e. The zero-order valence-electron chi connectivity index (χ0n) is 12.6. The Labute approximate surface area is 143 Å². The molecule has 0 unspecified atom stereocenters. The van der Waals surface area contributed by atoms with Crippen molar-refractivity contribution in [1.29, 1.82) is 0 Å². The average Bonchev–Trinajstić information content (AvgIpc) is 3.19. The van der Waals surface area contributed by atoms with E-state index in [9.17, 15) is 14.9 Å². The number of fused-ring (bicyclic) bond motifs is 1. The number of benzene rings is 1. The SMILES string of the molecule is COc1cc2nc(NC(=O)c3ccc([N+](=O)[O-])s3)sc2cc1OC. The minimum absolute atomic E-state index is 0.0843. The highest BCUT2D eigenvalue weighted by Gasteiger charge is 2.17. The van der Waals surface area contributed by atoms with E-state index in [0.29, 0.717) is 22.1 Å². The Morgan fingerprint density at radius 3 is 2.54 bits per heavy atom. The number of carbonyl (C=O) groups excluding carboxylic acids is 1. The maximum atomic E-state index is 12.2. The number of carbonyl (C=O) groups is 1. The van der Waals surface area contributed by atoms with Crippen LogP contribution < -0.4 is 14.8 Å². The Balaban J connectivity index is 1.86. The summed E-state index contributed by atoms with van der Waals surface area (Å²) in [6, 6.07) is 6.21. The normalized spacial score (nSPS) is 10.6. The largest absolute Gasteiger partial charge is 0.493 e. The zero-order chi connectivity index (χ0) is 17.3. The van der Waals surface area contributed by atoms with Gasteiger partial charge in [0.2, 0.25) is 0 Å². The van der Waals surface area contributed by atoms with Crippen molar-refractivity contribution in [1.82, 2.24) is 4.98 Å². The van der Waals surface area contributed by atoms with Gasteiger partial charge in [-0.3, -0.25) is 20.2 Å². The van der Waals surface area contributed by atoms with Crippen LogP contribution in [0.15, 0.2) is 24.3 Å². The summed E-state index contributed by atoms with van der Waals surface area (Å²) in [5.41, 5.74) is 0.658. The van der Waals surface area contributed by atoms with Gasteiger partial charge in [-0.1, -0.05) is 22.7 Å². The van der Waals surface area contributed by atoms with Crippen molar-refractivity contribution in [2.45, 2.75) is 0 Å². The van der Waals surface area contributed by atoms with Crippen LogP contribution in [0.3, 0.4) is 0 Å². The number of nitro groups is 1. The first-order valence-electron chi connectivity index (χ1n) is 6.60. The molecule has 0 saturated heterocycles. The summed E-state index contributed by atoms with van der Waals surface area (Å²) in [6.45, 7) is 0. The molecule has 0 aliphatic rings. The fourth-order valence-electron chi connectivity index (χ4n) is 2.02. The summed E-state index contributed by atoms with van der Waals surface area (Å²) in [6.07, 6.45) is 0. The predicted molar refractivity (Wildman–Crippen MR) is 91.7 cm³/mol. The second-order valence-corrected chi connectivity index (χ2v) is 6.64. The Morgan fingerprint density at radius 1 is 1.21 bits per heavy atom. The Morgan fingerprint density at radius 2 is 1.92 bits per heavy atom. The molecule has 0 bridgehead atoms. The van der Waals surface area contributed by atoms with Gasteiger partial charge in [-0.15, -0.1) is 0 Å². The van der Waals surface area contributed by atoms with Crippen LogP contribution in [0, 0.1) is 10.1 Å². The van der Waals surface area contributed by atoms with E-state index in [1.807, 2.05) is 0 Å². The number of hydrogen-bond donors (Lipinski definition) is 1. The van der Waals surface area contributed by atoms with Crippen LogP contribution in [0.25, 0.3) is 10.2 Å². The molecule has 1 amide bonds. The van der Waals surface area contributed by atoms with Crippen LogP contribution in [-0.4, -0.2) is 30.0 Å². The first kappa shape index (κ1) is 16.1. The lowest BCUT2D eigenvalue weighted by Crippen LogP contribution is -2.09. The number of nitrogens with one attached hydrogen (secondary N) is 1. The summed E-state index contributed by atoms with van der Waals surface area (Å²) < 4.78 is 11.3. The Kier molecular flexibility index (Phi) is 4.32. The summed E-state index contributed by atoms with van der Waals surface area (Å²) >= 11 is 2.09. The van der Waals surface area contributed by atoms with Crippen molar-refractivity contribution in [3.63, 3.8) is 0 Å². The molecule has 0 radical (unpaired) electrons.